The van der Waals surface area contributed by atoms with Gasteiger partial charge in [0, 0.05) is 5.56 Å². The highest BCUT2D eigenvalue weighted by Gasteiger charge is 2.10. The minimum atomic E-state index is -0.369. The first kappa shape index (κ1) is 15.9. The Balaban J connectivity index is 1.70. The lowest BCUT2D eigenvalue weighted by atomic mass is 10.2. The minimum absolute atomic E-state index is 0.0773. The first-order valence-electron chi connectivity index (χ1n) is 7.22. The van der Waals surface area contributed by atoms with Gasteiger partial charge in [0.1, 0.15) is 12.3 Å². The number of hydrazone groups is 1. The third kappa shape index (κ3) is 3.36. The summed E-state index contributed by atoms with van der Waals surface area (Å²) in [5.41, 5.74) is 3.93. The molecule has 3 aromatic rings. The molecule has 3 rings (SSSR count). The van der Waals surface area contributed by atoms with Gasteiger partial charge < -0.3 is 4.74 Å². The van der Waals surface area contributed by atoms with E-state index in [0.29, 0.717) is 5.75 Å². The van der Waals surface area contributed by atoms with Crippen molar-refractivity contribution in [2.24, 2.45) is 5.10 Å². The number of hydrogen-bond donors (Lipinski definition) is 1. The number of benzene rings is 2. The SMILES string of the molecule is COc1ccccc1/C=N/NC(=O)Cn1c(=O)sc2ccccc21. The van der Waals surface area contributed by atoms with Crippen molar-refractivity contribution in [1.29, 1.82) is 0 Å². The fourth-order valence-electron chi connectivity index (χ4n) is 2.29. The van der Waals surface area contributed by atoms with Crippen molar-refractivity contribution < 1.29 is 9.53 Å². The van der Waals surface area contributed by atoms with Gasteiger partial charge in [-0.2, -0.15) is 5.10 Å². The molecular formula is C17H15N3O3S. The van der Waals surface area contributed by atoms with Gasteiger partial charge in [0.2, 0.25) is 0 Å². The molecule has 0 saturated carbocycles. The number of amides is 1. The number of thiazole rings is 1. The van der Waals surface area contributed by atoms with Crippen molar-refractivity contribution in [3.8, 4) is 5.75 Å². The van der Waals surface area contributed by atoms with Gasteiger partial charge in [-0.25, -0.2) is 5.43 Å². The second-order valence-electron chi connectivity index (χ2n) is 4.96. The normalized spacial score (nSPS) is 11.0. The van der Waals surface area contributed by atoms with Crippen molar-refractivity contribution in [2.45, 2.75) is 6.54 Å². The highest BCUT2D eigenvalue weighted by molar-refractivity contribution is 7.16. The molecule has 0 spiro atoms. The molecule has 0 aliphatic carbocycles. The predicted molar refractivity (Wildman–Crippen MR) is 94.8 cm³/mol. The van der Waals surface area contributed by atoms with Crippen molar-refractivity contribution in [2.75, 3.05) is 7.11 Å². The van der Waals surface area contributed by atoms with Crippen LogP contribution in [0.2, 0.25) is 0 Å². The number of nitrogens with zero attached hydrogens (tertiary/aromatic N) is 2. The number of aromatic nitrogens is 1. The van der Waals surface area contributed by atoms with Crippen LogP contribution in [0.15, 0.2) is 58.4 Å². The van der Waals surface area contributed by atoms with E-state index < -0.39 is 0 Å². The summed E-state index contributed by atoms with van der Waals surface area (Å²) in [6.07, 6.45) is 1.51. The molecule has 0 fully saturated rings. The lowest BCUT2D eigenvalue weighted by molar-refractivity contribution is -0.121. The van der Waals surface area contributed by atoms with Crippen LogP contribution in [-0.2, 0) is 11.3 Å². The molecule has 0 bridgehead atoms. The van der Waals surface area contributed by atoms with E-state index in [1.807, 2.05) is 42.5 Å². The quantitative estimate of drug-likeness (QED) is 0.571. The molecule has 6 nitrogen and oxygen atoms in total. The van der Waals surface area contributed by atoms with Crippen LogP contribution in [0.5, 0.6) is 5.75 Å². The van der Waals surface area contributed by atoms with E-state index in [1.54, 1.807) is 13.2 Å². The molecule has 0 aliphatic rings. The highest BCUT2D eigenvalue weighted by atomic mass is 32.1. The summed E-state index contributed by atoms with van der Waals surface area (Å²) in [4.78, 5) is 23.9. The van der Waals surface area contributed by atoms with Crippen LogP contribution in [0.3, 0.4) is 0 Å². The Kier molecular flexibility index (Phi) is 4.72. The summed E-state index contributed by atoms with van der Waals surface area (Å²) >= 11 is 1.12. The molecule has 1 heterocycles. The van der Waals surface area contributed by atoms with Crippen LogP contribution < -0.4 is 15.0 Å². The molecule has 0 aliphatic heterocycles. The largest absolute Gasteiger partial charge is 0.496 e. The van der Waals surface area contributed by atoms with Gasteiger partial charge in [0.25, 0.3) is 5.91 Å². The average Bonchev–Trinajstić information content (AvgIpc) is 2.91. The molecule has 0 unspecified atom stereocenters. The molecular weight excluding hydrogens is 326 g/mol. The Morgan fingerprint density at radius 3 is 2.83 bits per heavy atom. The van der Waals surface area contributed by atoms with E-state index >= 15 is 0 Å². The summed E-state index contributed by atoms with van der Waals surface area (Å²) < 4.78 is 7.50. The number of nitrogens with one attached hydrogen (secondary N) is 1. The lowest BCUT2D eigenvalue weighted by Gasteiger charge is -2.04. The summed E-state index contributed by atoms with van der Waals surface area (Å²) in [7, 11) is 1.57. The third-order valence-corrected chi connectivity index (χ3v) is 4.37. The zero-order valence-corrected chi connectivity index (χ0v) is 13.7. The maximum absolute atomic E-state index is 12.0. The van der Waals surface area contributed by atoms with Crippen LogP contribution in [0, 0.1) is 0 Å². The number of carbonyl (C=O) groups excluding carboxylic acids is 1. The number of fused-ring (bicyclic) bond motifs is 1. The zero-order chi connectivity index (χ0) is 16.9. The maximum Gasteiger partial charge on any atom is 0.308 e. The first-order valence-corrected chi connectivity index (χ1v) is 8.04. The summed E-state index contributed by atoms with van der Waals surface area (Å²) in [6.45, 7) is -0.0773. The molecule has 1 amide bonds. The van der Waals surface area contributed by atoms with Crippen molar-refractivity contribution in [1.82, 2.24) is 9.99 Å². The van der Waals surface area contributed by atoms with Gasteiger partial charge in [0.05, 0.1) is 23.5 Å². The molecule has 1 N–H and O–H groups in total. The van der Waals surface area contributed by atoms with Gasteiger partial charge in [0.15, 0.2) is 0 Å². The Labute approximate surface area is 142 Å². The summed E-state index contributed by atoms with van der Waals surface area (Å²) in [6, 6.07) is 14.7. The van der Waals surface area contributed by atoms with Crippen LogP contribution in [0.1, 0.15) is 5.56 Å². The second-order valence-corrected chi connectivity index (χ2v) is 5.95. The van der Waals surface area contributed by atoms with Gasteiger partial charge in [-0.3, -0.25) is 14.2 Å². The fraction of sp³-hybridized carbons (Fsp3) is 0.118. The maximum atomic E-state index is 12.0. The van der Waals surface area contributed by atoms with Crippen LogP contribution in [0.4, 0.5) is 0 Å². The van der Waals surface area contributed by atoms with Crippen LogP contribution in [0.25, 0.3) is 10.2 Å². The third-order valence-electron chi connectivity index (χ3n) is 3.41. The number of rotatable bonds is 5. The van der Waals surface area contributed by atoms with Gasteiger partial charge in [-0.15, -0.1) is 0 Å². The monoisotopic (exact) mass is 341 g/mol. The topological polar surface area (TPSA) is 72.7 Å². The van der Waals surface area contributed by atoms with E-state index in [1.165, 1.54) is 10.8 Å². The Bertz CT molecular complexity index is 959. The van der Waals surface area contributed by atoms with Gasteiger partial charge in [-0.1, -0.05) is 35.6 Å². The fourth-order valence-corrected chi connectivity index (χ4v) is 3.18. The van der Waals surface area contributed by atoms with Gasteiger partial charge in [-0.05, 0) is 24.3 Å². The van der Waals surface area contributed by atoms with Crippen molar-refractivity contribution >= 4 is 33.7 Å². The van der Waals surface area contributed by atoms with E-state index in [9.17, 15) is 9.59 Å². The molecule has 0 atom stereocenters. The number of ether oxygens (including phenoxy) is 1. The van der Waals surface area contributed by atoms with E-state index in [4.69, 9.17) is 4.74 Å². The molecule has 0 saturated heterocycles. The molecule has 122 valence electrons. The smallest absolute Gasteiger partial charge is 0.308 e. The second kappa shape index (κ2) is 7.10. The number of hydrogen-bond acceptors (Lipinski definition) is 5. The van der Waals surface area contributed by atoms with Crippen molar-refractivity contribution in [3.63, 3.8) is 0 Å². The van der Waals surface area contributed by atoms with Gasteiger partial charge >= 0.3 is 4.87 Å². The predicted octanol–water partition coefficient (Wildman–Crippen LogP) is 2.22. The van der Waals surface area contributed by atoms with Crippen molar-refractivity contribution in [3.05, 3.63) is 63.8 Å². The lowest BCUT2D eigenvalue weighted by Crippen LogP contribution is -2.27. The summed E-state index contributed by atoms with van der Waals surface area (Å²) in [5.74, 6) is 0.294. The van der Waals surface area contributed by atoms with E-state index in [2.05, 4.69) is 10.5 Å². The van der Waals surface area contributed by atoms with E-state index in [-0.39, 0.29) is 17.3 Å². The molecule has 24 heavy (non-hydrogen) atoms. The highest BCUT2D eigenvalue weighted by Crippen LogP contribution is 2.16. The van der Waals surface area contributed by atoms with Crippen LogP contribution >= 0.6 is 11.3 Å². The summed E-state index contributed by atoms with van der Waals surface area (Å²) in [5, 5.41) is 3.92. The van der Waals surface area contributed by atoms with E-state index in [0.717, 1.165) is 27.1 Å². The molecule has 0 radical (unpaired) electrons. The Morgan fingerprint density at radius 2 is 2.00 bits per heavy atom. The minimum Gasteiger partial charge on any atom is -0.496 e. The number of carbonyl (C=O) groups is 1. The standard InChI is InChI=1S/C17H15N3O3S/c1-23-14-8-4-2-6-12(14)10-18-19-16(21)11-20-13-7-3-5-9-15(13)24-17(20)22/h2-10H,11H2,1H3,(H,19,21)/b18-10+. The first-order chi connectivity index (χ1) is 11.7. The molecule has 2 aromatic carbocycles. The Morgan fingerprint density at radius 1 is 1.25 bits per heavy atom. The Hall–Kier alpha value is -2.93. The van der Waals surface area contributed by atoms with Crippen LogP contribution in [-0.4, -0.2) is 23.8 Å². The molecule has 7 heteroatoms. The number of para-hydroxylation sites is 2. The zero-order valence-electron chi connectivity index (χ0n) is 12.9. The number of methoxy groups -OCH3 is 1. The molecule has 1 aromatic heterocycles. The average molecular weight is 341 g/mol.